The molecule has 116 valence electrons. The number of benzene rings is 1. The molecule has 2 unspecified atom stereocenters. The molecule has 0 spiro atoms. The number of carbonyl (C=O) groups is 1. The van der Waals surface area contributed by atoms with Gasteiger partial charge in [0.15, 0.2) is 0 Å². The van der Waals surface area contributed by atoms with E-state index in [1.807, 2.05) is 0 Å². The number of rotatable bonds is 5. The van der Waals surface area contributed by atoms with E-state index >= 15 is 0 Å². The number of hydrogen-bond acceptors (Lipinski definition) is 5. The van der Waals surface area contributed by atoms with Crippen molar-refractivity contribution in [3.05, 3.63) is 23.5 Å². The van der Waals surface area contributed by atoms with Crippen molar-refractivity contribution in [2.75, 3.05) is 31.3 Å². The fourth-order valence-electron chi connectivity index (χ4n) is 2.63. The average Bonchev–Trinajstić information content (AvgIpc) is 2.93. The molecule has 0 aromatic heterocycles. The Morgan fingerprint density at radius 1 is 1.57 bits per heavy atom. The fourth-order valence-corrected chi connectivity index (χ4v) is 2.63. The molecule has 1 saturated heterocycles. The van der Waals surface area contributed by atoms with E-state index < -0.39 is 11.8 Å². The largest absolute Gasteiger partial charge is 0.465 e. The van der Waals surface area contributed by atoms with E-state index in [0.29, 0.717) is 12.5 Å². The molecule has 1 fully saturated rings. The van der Waals surface area contributed by atoms with Gasteiger partial charge in [0, 0.05) is 24.8 Å². The van der Waals surface area contributed by atoms with Gasteiger partial charge in [-0.3, -0.25) is 0 Å². The molecule has 0 radical (unpaired) electrons. The monoisotopic (exact) mass is 296 g/mol. The van der Waals surface area contributed by atoms with Gasteiger partial charge in [-0.25, -0.2) is 9.18 Å². The molecule has 1 aliphatic heterocycles. The number of methoxy groups -OCH3 is 1. The summed E-state index contributed by atoms with van der Waals surface area (Å²) in [6.45, 7) is 3.41. The van der Waals surface area contributed by atoms with Crippen molar-refractivity contribution in [3.63, 3.8) is 0 Å². The van der Waals surface area contributed by atoms with Crippen LogP contribution in [0, 0.1) is 11.7 Å². The van der Waals surface area contributed by atoms with Crippen molar-refractivity contribution >= 4 is 17.3 Å². The molecule has 2 rings (SSSR count). The summed E-state index contributed by atoms with van der Waals surface area (Å²) in [5.41, 5.74) is 6.13. The minimum Gasteiger partial charge on any atom is -0.465 e. The molecule has 0 amide bonds. The molecule has 0 bridgehead atoms. The smallest absolute Gasteiger partial charge is 0.340 e. The lowest BCUT2D eigenvalue weighted by Crippen LogP contribution is -2.23. The van der Waals surface area contributed by atoms with Crippen molar-refractivity contribution in [1.29, 1.82) is 0 Å². The Balaban J connectivity index is 2.10. The van der Waals surface area contributed by atoms with Crippen LogP contribution in [-0.2, 0) is 9.47 Å². The van der Waals surface area contributed by atoms with E-state index in [0.717, 1.165) is 25.5 Å². The SMILES string of the molecule is CCC1OCCC1CNc1cc(C(=O)OC)c(N)cc1F. The number of nitrogens with one attached hydrogen (secondary N) is 1. The molecule has 21 heavy (non-hydrogen) atoms. The number of carbonyl (C=O) groups excluding carboxylic acids is 1. The topological polar surface area (TPSA) is 73.6 Å². The van der Waals surface area contributed by atoms with Gasteiger partial charge < -0.3 is 20.5 Å². The molecular weight excluding hydrogens is 275 g/mol. The predicted octanol–water partition coefficient (Wildman–Crippen LogP) is 2.42. The molecule has 0 saturated carbocycles. The quantitative estimate of drug-likeness (QED) is 0.645. The lowest BCUT2D eigenvalue weighted by Gasteiger charge is -2.18. The van der Waals surface area contributed by atoms with E-state index in [-0.39, 0.29) is 23.0 Å². The van der Waals surface area contributed by atoms with E-state index in [1.165, 1.54) is 13.2 Å². The maximum absolute atomic E-state index is 13.9. The second-order valence-corrected chi connectivity index (χ2v) is 5.16. The number of ether oxygens (including phenoxy) is 2. The zero-order valence-electron chi connectivity index (χ0n) is 12.3. The second kappa shape index (κ2) is 6.76. The number of esters is 1. The first kappa shape index (κ1) is 15.6. The standard InChI is InChI=1S/C15H21FN2O3/c1-3-14-9(4-5-21-14)8-18-13-6-10(15(19)20-2)12(17)7-11(13)16/h6-7,9,14,18H,3-5,8,17H2,1-2H3. The molecule has 1 aromatic carbocycles. The Hall–Kier alpha value is -1.82. The summed E-state index contributed by atoms with van der Waals surface area (Å²) in [7, 11) is 1.26. The fraction of sp³-hybridized carbons (Fsp3) is 0.533. The normalized spacial score (nSPS) is 21.3. The first-order chi connectivity index (χ1) is 10.1. The molecule has 5 nitrogen and oxygen atoms in total. The first-order valence-electron chi connectivity index (χ1n) is 7.09. The molecule has 6 heteroatoms. The van der Waals surface area contributed by atoms with Gasteiger partial charge in [0.25, 0.3) is 0 Å². The van der Waals surface area contributed by atoms with Gasteiger partial charge >= 0.3 is 5.97 Å². The van der Waals surface area contributed by atoms with Crippen molar-refractivity contribution in [3.8, 4) is 0 Å². The minimum atomic E-state index is -0.578. The lowest BCUT2D eigenvalue weighted by molar-refractivity contribution is 0.0602. The zero-order valence-corrected chi connectivity index (χ0v) is 12.3. The van der Waals surface area contributed by atoms with Gasteiger partial charge in [-0.05, 0) is 25.0 Å². The molecule has 1 heterocycles. The highest BCUT2D eigenvalue weighted by atomic mass is 19.1. The summed E-state index contributed by atoms with van der Waals surface area (Å²) >= 11 is 0. The minimum absolute atomic E-state index is 0.0699. The Labute approximate surface area is 123 Å². The molecule has 3 N–H and O–H groups in total. The summed E-state index contributed by atoms with van der Waals surface area (Å²) in [5, 5.41) is 3.05. The number of nitrogen functional groups attached to an aromatic ring is 1. The van der Waals surface area contributed by atoms with Crippen LogP contribution in [0.15, 0.2) is 12.1 Å². The van der Waals surface area contributed by atoms with Crippen LogP contribution in [0.25, 0.3) is 0 Å². The molecule has 2 atom stereocenters. The van der Waals surface area contributed by atoms with Crippen LogP contribution in [0.4, 0.5) is 15.8 Å². The van der Waals surface area contributed by atoms with Crippen LogP contribution in [0.5, 0.6) is 0 Å². The maximum atomic E-state index is 13.9. The third-order valence-electron chi connectivity index (χ3n) is 3.85. The highest BCUT2D eigenvalue weighted by molar-refractivity contribution is 5.96. The van der Waals surface area contributed by atoms with Crippen molar-refractivity contribution in [2.45, 2.75) is 25.9 Å². The van der Waals surface area contributed by atoms with E-state index in [2.05, 4.69) is 17.0 Å². The summed E-state index contributed by atoms with van der Waals surface area (Å²) in [6, 6.07) is 2.53. The number of halogens is 1. The maximum Gasteiger partial charge on any atom is 0.340 e. The van der Waals surface area contributed by atoms with Crippen molar-refractivity contribution in [2.24, 2.45) is 5.92 Å². The summed E-state index contributed by atoms with van der Waals surface area (Å²) in [5.74, 6) is -0.716. The van der Waals surface area contributed by atoms with E-state index in [9.17, 15) is 9.18 Å². The van der Waals surface area contributed by atoms with Gasteiger partial charge in [0.05, 0.1) is 24.5 Å². The highest BCUT2D eigenvalue weighted by Gasteiger charge is 2.26. The van der Waals surface area contributed by atoms with Gasteiger partial charge in [0.2, 0.25) is 0 Å². The Morgan fingerprint density at radius 3 is 3.00 bits per heavy atom. The van der Waals surface area contributed by atoms with Crippen molar-refractivity contribution < 1.29 is 18.7 Å². The van der Waals surface area contributed by atoms with Crippen LogP contribution in [0.2, 0.25) is 0 Å². The predicted molar refractivity (Wildman–Crippen MR) is 78.8 cm³/mol. The van der Waals surface area contributed by atoms with Crippen molar-refractivity contribution in [1.82, 2.24) is 0 Å². The van der Waals surface area contributed by atoms with Crippen LogP contribution in [0.3, 0.4) is 0 Å². The third-order valence-corrected chi connectivity index (χ3v) is 3.85. The molecule has 0 aliphatic carbocycles. The molecular formula is C15H21FN2O3. The van der Waals surface area contributed by atoms with Crippen LogP contribution in [0.1, 0.15) is 30.1 Å². The van der Waals surface area contributed by atoms with E-state index in [4.69, 9.17) is 10.5 Å². The number of hydrogen-bond donors (Lipinski definition) is 2. The summed E-state index contributed by atoms with van der Waals surface area (Å²) in [4.78, 5) is 11.6. The Morgan fingerprint density at radius 2 is 2.33 bits per heavy atom. The van der Waals surface area contributed by atoms with Gasteiger partial charge in [0.1, 0.15) is 5.82 Å². The zero-order chi connectivity index (χ0) is 15.4. The van der Waals surface area contributed by atoms with Gasteiger partial charge in [-0.2, -0.15) is 0 Å². The number of nitrogens with two attached hydrogens (primary N) is 1. The Bertz CT molecular complexity index is 522. The van der Waals surface area contributed by atoms with Gasteiger partial charge in [-0.1, -0.05) is 6.92 Å². The molecule has 1 aromatic rings. The summed E-state index contributed by atoms with van der Waals surface area (Å²) in [6.07, 6.45) is 2.09. The van der Waals surface area contributed by atoms with Crippen LogP contribution < -0.4 is 11.1 Å². The highest BCUT2D eigenvalue weighted by Crippen LogP contribution is 2.26. The third kappa shape index (κ3) is 3.44. The number of anilines is 2. The second-order valence-electron chi connectivity index (χ2n) is 5.16. The van der Waals surface area contributed by atoms with Gasteiger partial charge in [-0.15, -0.1) is 0 Å². The molecule has 1 aliphatic rings. The Kier molecular flexibility index (Phi) is 5.01. The first-order valence-corrected chi connectivity index (χ1v) is 7.09. The van der Waals surface area contributed by atoms with Crippen LogP contribution in [-0.4, -0.2) is 32.3 Å². The lowest BCUT2D eigenvalue weighted by atomic mass is 9.99. The summed E-state index contributed by atoms with van der Waals surface area (Å²) < 4.78 is 24.2. The average molecular weight is 296 g/mol. The van der Waals surface area contributed by atoms with E-state index in [1.54, 1.807) is 0 Å². The van der Waals surface area contributed by atoms with Crippen LogP contribution >= 0.6 is 0 Å².